The molecule has 2 aliphatic carbocycles. The minimum Gasteiger partial charge on any atom is -0.365 e. The number of nitrogens with one attached hydrogen (secondary N) is 1. The summed E-state index contributed by atoms with van der Waals surface area (Å²) in [5, 5.41) is 13.5. The Kier molecular flexibility index (Phi) is 5.88. The molecule has 0 spiro atoms. The fraction of sp³-hybridized carbons (Fsp3) is 0.429. The summed E-state index contributed by atoms with van der Waals surface area (Å²) in [5.74, 6) is -0.587. The molecule has 0 fully saturated rings. The van der Waals surface area contributed by atoms with Gasteiger partial charge in [-0.25, -0.2) is 4.98 Å². The highest BCUT2D eigenvalue weighted by atomic mass is 32.2. The van der Waals surface area contributed by atoms with Crippen LogP contribution in [0.1, 0.15) is 63.3 Å². The maximum atomic E-state index is 12.6. The Morgan fingerprint density at radius 1 is 1.21 bits per heavy atom. The lowest BCUT2D eigenvalue weighted by Gasteiger charge is -2.16. The van der Waals surface area contributed by atoms with Crippen molar-refractivity contribution in [2.45, 2.75) is 56.4 Å². The van der Waals surface area contributed by atoms with E-state index in [4.69, 9.17) is 5.73 Å². The lowest BCUT2D eigenvalue weighted by atomic mass is 9.95. The van der Waals surface area contributed by atoms with Crippen LogP contribution in [0, 0.1) is 11.3 Å². The van der Waals surface area contributed by atoms with Gasteiger partial charge in [-0.3, -0.25) is 9.59 Å². The highest BCUT2D eigenvalue weighted by Gasteiger charge is 2.25. The van der Waals surface area contributed by atoms with Crippen LogP contribution in [0.15, 0.2) is 11.1 Å². The largest absolute Gasteiger partial charge is 0.365 e. The van der Waals surface area contributed by atoms with Gasteiger partial charge >= 0.3 is 0 Å². The second-order valence-corrected chi connectivity index (χ2v) is 9.45. The fourth-order valence-corrected chi connectivity index (χ4v) is 6.10. The summed E-state index contributed by atoms with van der Waals surface area (Å²) >= 11 is 2.72. The van der Waals surface area contributed by atoms with Crippen molar-refractivity contribution in [1.29, 1.82) is 5.26 Å². The molecular formula is C21H22N4O2S2. The van der Waals surface area contributed by atoms with E-state index in [2.05, 4.69) is 16.4 Å². The number of fused-ring (bicyclic) bond motifs is 2. The minimum absolute atomic E-state index is 0.126. The number of thioether (sulfide) groups is 1. The van der Waals surface area contributed by atoms with Gasteiger partial charge in [0.2, 0.25) is 5.91 Å². The molecule has 0 aliphatic heterocycles. The number of nitrogens with two attached hydrogens (primary N) is 1. The first kappa shape index (κ1) is 19.9. The third kappa shape index (κ3) is 4.16. The number of nitriles is 1. The summed E-state index contributed by atoms with van der Waals surface area (Å²) in [7, 11) is 0. The molecule has 0 radical (unpaired) electrons. The molecule has 2 aliphatic rings. The third-order valence-corrected chi connectivity index (χ3v) is 7.60. The Bertz CT molecular complexity index is 1020. The number of thiophene rings is 1. The molecule has 2 aromatic heterocycles. The molecule has 0 saturated heterocycles. The van der Waals surface area contributed by atoms with Gasteiger partial charge in [-0.1, -0.05) is 11.8 Å². The molecule has 2 amide bonds. The molecule has 8 heteroatoms. The highest BCUT2D eigenvalue weighted by Crippen LogP contribution is 2.38. The van der Waals surface area contributed by atoms with Crippen molar-refractivity contribution in [2.24, 2.45) is 5.73 Å². The molecule has 6 nitrogen and oxygen atoms in total. The number of carbonyl (C=O) groups excluding carboxylic acids is 2. The number of hydrogen-bond donors (Lipinski definition) is 2. The number of rotatable bonds is 5. The van der Waals surface area contributed by atoms with E-state index in [0.29, 0.717) is 21.2 Å². The monoisotopic (exact) mass is 426 g/mol. The Labute approximate surface area is 177 Å². The van der Waals surface area contributed by atoms with Crippen LogP contribution in [-0.4, -0.2) is 22.6 Å². The summed E-state index contributed by atoms with van der Waals surface area (Å²) in [6, 6.07) is 4.12. The number of amides is 2. The van der Waals surface area contributed by atoms with Crippen molar-refractivity contribution >= 4 is 39.9 Å². The van der Waals surface area contributed by atoms with Gasteiger partial charge in [0.25, 0.3) is 5.91 Å². The van der Waals surface area contributed by atoms with Crippen molar-refractivity contribution in [3.63, 3.8) is 0 Å². The average Bonchev–Trinajstić information content (AvgIpc) is 3.09. The second kappa shape index (κ2) is 8.56. The van der Waals surface area contributed by atoms with Crippen LogP contribution in [0.2, 0.25) is 0 Å². The van der Waals surface area contributed by atoms with Crippen LogP contribution in [0.25, 0.3) is 0 Å². The van der Waals surface area contributed by atoms with Crippen molar-refractivity contribution in [1.82, 2.24) is 4.98 Å². The van der Waals surface area contributed by atoms with E-state index in [0.717, 1.165) is 73.1 Å². The summed E-state index contributed by atoms with van der Waals surface area (Å²) in [5.41, 5.74) is 9.77. The van der Waals surface area contributed by atoms with E-state index in [1.807, 2.05) is 6.07 Å². The predicted molar refractivity (Wildman–Crippen MR) is 114 cm³/mol. The molecule has 4 rings (SSSR count). The summed E-state index contributed by atoms with van der Waals surface area (Å²) in [6.07, 6.45) is 8.00. The average molecular weight is 427 g/mol. The van der Waals surface area contributed by atoms with Crippen molar-refractivity contribution in [2.75, 3.05) is 11.1 Å². The maximum Gasteiger partial charge on any atom is 0.251 e. The third-order valence-electron chi connectivity index (χ3n) is 5.40. The number of carbonyl (C=O) groups is 2. The SMILES string of the molecule is N#Cc1cc2c(nc1SCC(=O)Nc1sc3c(c1C(N)=O)CCCC3)CCCC2. The highest BCUT2D eigenvalue weighted by molar-refractivity contribution is 8.00. The molecular weight excluding hydrogens is 404 g/mol. The Morgan fingerprint density at radius 2 is 1.97 bits per heavy atom. The number of primary amides is 1. The van der Waals surface area contributed by atoms with Gasteiger partial charge in [0, 0.05) is 10.6 Å². The summed E-state index contributed by atoms with van der Waals surface area (Å²) in [4.78, 5) is 30.3. The topological polar surface area (TPSA) is 109 Å². The summed E-state index contributed by atoms with van der Waals surface area (Å²) < 4.78 is 0. The van der Waals surface area contributed by atoms with Gasteiger partial charge in [-0.15, -0.1) is 11.3 Å². The fourth-order valence-electron chi connectivity index (χ4n) is 4.02. The van der Waals surface area contributed by atoms with Gasteiger partial charge in [0.15, 0.2) is 0 Å². The molecule has 2 heterocycles. The van der Waals surface area contributed by atoms with E-state index in [-0.39, 0.29) is 11.7 Å². The zero-order chi connectivity index (χ0) is 20.4. The molecule has 0 unspecified atom stereocenters. The Balaban J connectivity index is 1.48. The molecule has 0 aromatic carbocycles. The zero-order valence-electron chi connectivity index (χ0n) is 16.0. The van der Waals surface area contributed by atoms with E-state index in [1.165, 1.54) is 23.1 Å². The first-order valence-electron chi connectivity index (χ1n) is 9.86. The molecule has 2 aromatic rings. The summed E-state index contributed by atoms with van der Waals surface area (Å²) in [6.45, 7) is 0. The van der Waals surface area contributed by atoms with E-state index >= 15 is 0 Å². The molecule has 150 valence electrons. The number of aryl methyl sites for hydroxylation is 3. The van der Waals surface area contributed by atoms with Crippen molar-refractivity contribution in [3.05, 3.63) is 38.9 Å². The van der Waals surface area contributed by atoms with Crippen LogP contribution in [0.4, 0.5) is 5.00 Å². The molecule has 0 saturated carbocycles. The zero-order valence-corrected chi connectivity index (χ0v) is 17.7. The molecule has 0 bridgehead atoms. The van der Waals surface area contributed by atoms with E-state index in [1.54, 1.807) is 0 Å². The van der Waals surface area contributed by atoms with Gasteiger partial charge in [0.05, 0.1) is 16.9 Å². The van der Waals surface area contributed by atoms with Gasteiger partial charge in [-0.2, -0.15) is 5.26 Å². The maximum absolute atomic E-state index is 12.6. The predicted octanol–water partition coefficient (Wildman–Crippen LogP) is 3.60. The Morgan fingerprint density at radius 3 is 2.76 bits per heavy atom. The number of aromatic nitrogens is 1. The van der Waals surface area contributed by atoms with Gasteiger partial charge in [-0.05, 0) is 68.6 Å². The van der Waals surface area contributed by atoms with E-state index < -0.39 is 5.91 Å². The van der Waals surface area contributed by atoms with Crippen LogP contribution in [0.3, 0.4) is 0 Å². The van der Waals surface area contributed by atoms with Gasteiger partial charge in [0.1, 0.15) is 16.1 Å². The number of nitrogens with zero attached hydrogens (tertiary/aromatic N) is 2. The van der Waals surface area contributed by atoms with Crippen LogP contribution >= 0.6 is 23.1 Å². The Hall–Kier alpha value is -2.37. The first-order valence-corrected chi connectivity index (χ1v) is 11.7. The molecule has 29 heavy (non-hydrogen) atoms. The van der Waals surface area contributed by atoms with Crippen LogP contribution in [0.5, 0.6) is 0 Å². The standard InChI is InChI=1S/C21H22N4O2S2/c22-10-13-9-12-5-1-3-7-15(12)24-20(13)28-11-17(26)25-21-18(19(23)27)14-6-2-4-8-16(14)29-21/h9H,1-8,11H2,(H2,23,27)(H,25,26). The quantitative estimate of drug-likeness (QED) is 0.710. The van der Waals surface area contributed by atoms with E-state index in [9.17, 15) is 14.9 Å². The number of anilines is 1. The van der Waals surface area contributed by atoms with Crippen LogP contribution in [-0.2, 0) is 30.5 Å². The molecule has 0 atom stereocenters. The molecule has 3 N–H and O–H groups in total. The lowest BCUT2D eigenvalue weighted by molar-refractivity contribution is -0.113. The first-order chi connectivity index (χ1) is 14.1. The normalized spacial score (nSPS) is 15.1. The number of hydrogen-bond acceptors (Lipinski definition) is 6. The van der Waals surface area contributed by atoms with Crippen molar-refractivity contribution < 1.29 is 9.59 Å². The second-order valence-electron chi connectivity index (χ2n) is 7.38. The van der Waals surface area contributed by atoms with Crippen LogP contribution < -0.4 is 11.1 Å². The lowest BCUT2D eigenvalue weighted by Crippen LogP contribution is -2.19. The minimum atomic E-state index is -0.490. The van der Waals surface area contributed by atoms with Crippen molar-refractivity contribution in [3.8, 4) is 6.07 Å². The van der Waals surface area contributed by atoms with Gasteiger partial charge < -0.3 is 11.1 Å². The smallest absolute Gasteiger partial charge is 0.251 e. The number of pyridine rings is 1.